The Balaban J connectivity index is 2.02. The number of ether oxygens (including phenoxy) is 1. The molecule has 0 spiro atoms. The summed E-state index contributed by atoms with van der Waals surface area (Å²) in [6.45, 7) is 7.29. The lowest BCUT2D eigenvalue weighted by Gasteiger charge is -2.30. The van der Waals surface area contributed by atoms with E-state index in [9.17, 15) is 0 Å². The summed E-state index contributed by atoms with van der Waals surface area (Å²) in [5, 5.41) is 0. The first-order chi connectivity index (χ1) is 6.80. The topological polar surface area (TPSA) is 12.5 Å². The van der Waals surface area contributed by atoms with Gasteiger partial charge in [0.25, 0.3) is 0 Å². The van der Waals surface area contributed by atoms with Crippen molar-refractivity contribution in [2.45, 2.75) is 31.2 Å². The van der Waals surface area contributed by atoms with E-state index in [1.165, 1.54) is 38.8 Å². The van der Waals surface area contributed by atoms with E-state index in [4.69, 9.17) is 4.74 Å². The van der Waals surface area contributed by atoms with E-state index in [0.29, 0.717) is 5.54 Å². The summed E-state index contributed by atoms with van der Waals surface area (Å²) in [4.78, 5) is 2.64. The summed E-state index contributed by atoms with van der Waals surface area (Å²) < 4.78 is 5.39. The Morgan fingerprint density at radius 3 is 3.21 bits per heavy atom. The molecule has 2 fully saturated rings. The maximum Gasteiger partial charge on any atom is 0.0646 e. The van der Waals surface area contributed by atoms with Crippen LogP contribution in [0.15, 0.2) is 12.7 Å². The van der Waals surface area contributed by atoms with Gasteiger partial charge in [0.15, 0.2) is 0 Å². The molecular formula is C12H21NO. The molecule has 0 aromatic carbocycles. The zero-order valence-corrected chi connectivity index (χ0v) is 9.17. The van der Waals surface area contributed by atoms with E-state index in [2.05, 4.69) is 17.6 Å². The number of fused-ring (bicyclic) bond motifs is 1. The van der Waals surface area contributed by atoms with Gasteiger partial charge in [-0.2, -0.15) is 0 Å². The van der Waals surface area contributed by atoms with Crippen molar-refractivity contribution >= 4 is 0 Å². The van der Waals surface area contributed by atoms with Gasteiger partial charge in [-0.05, 0) is 38.1 Å². The minimum atomic E-state index is 0.391. The zero-order valence-electron chi connectivity index (χ0n) is 9.17. The Kier molecular flexibility index (Phi) is 2.93. The van der Waals surface area contributed by atoms with Gasteiger partial charge in [0, 0.05) is 19.2 Å². The molecule has 2 heterocycles. The predicted octanol–water partition coefficient (Wildman–Crippen LogP) is 2.06. The quantitative estimate of drug-likeness (QED) is 0.637. The van der Waals surface area contributed by atoms with Gasteiger partial charge in [0.1, 0.15) is 0 Å². The van der Waals surface area contributed by atoms with Crippen LogP contribution in [0.3, 0.4) is 0 Å². The lowest BCUT2D eigenvalue weighted by Crippen LogP contribution is -2.42. The third-order valence-electron chi connectivity index (χ3n) is 3.80. The molecule has 80 valence electrons. The van der Waals surface area contributed by atoms with Gasteiger partial charge in [0.2, 0.25) is 0 Å². The highest BCUT2D eigenvalue weighted by Gasteiger charge is 2.47. The van der Waals surface area contributed by atoms with Gasteiger partial charge in [-0.3, -0.25) is 4.90 Å². The Morgan fingerprint density at radius 2 is 2.50 bits per heavy atom. The van der Waals surface area contributed by atoms with Crippen molar-refractivity contribution in [2.75, 3.05) is 26.8 Å². The molecule has 2 rings (SSSR count). The lowest BCUT2D eigenvalue weighted by atomic mass is 9.89. The van der Waals surface area contributed by atoms with Crippen molar-refractivity contribution in [3.05, 3.63) is 12.7 Å². The Bertz CT molecular complexity index is 216. The SMILES string of the molecule is C=CCC1CN2CCCC2(COC)C1. The molecule has 2 atom stereocenters. The van der Waals surface area contributed by atoms with Crippen LogP contribution in [0.4, 0.5) is 0 Å². The van der Waals surface area contributed by atoms with Crippen molar-refractivity contribution in [1.29, 1.82) is 0 Å². The molecule has 2 saturated heterocycles. The fourth-order valence-corrected chi connectivity index (χ4v) is 3.31. The fourth-order valence-electron chi connectivity index (χ4n) is 3.31. The van der Waals surface area contributed by atoms with Gasteiger partial charge in [-0.25, -0.2) is 0 Å². The number of hydrogen-bond donors (Lipinski definition) is 0. The maximum atomic E-state index is 5.39. The number of nitrogens with zero attached hydrogens (tertiary/aromatic N) is 1. The molecule has 0 radical (unpaired) electrons. The molecular weight excluding hydrogens is 174 g/mol. The molecule has 0 aromatic rings. The second kappa shape index (κ2) is 4.03. The second-order valence-corrected chi connectivity index (χ2v) is 4.80. The normalized spacial score (nSPS) is 37.4. The van der Waals surface area contributed by atoms with E-state index < -0.39 is 0 Å². The highest BCUT2D eigenvalue weighted by atomic mass is 16.5. The minimum absolute atomic E-state index is 0.391. The molecule has 0 saturated carbocycles. The average molecular weight is 195 g/mol. The van der Waals surface area contributed by atoms with Crippen LogP contribution in [-0.2, 0) is 4.74 Å². The third-order valence-corrected chi connectivity index (χ3v) is 3.80. The Hall–Kier alpha value is -0.340. The molecule has 0 N–H and O–H groups in total. The number of rotatable bonds is 4. The van der Waals surface area contributed by atoms with Crippen LogP contribution in [-0.4, -0.2) is 37.2 Å². The summed E-state index contributed by atoms with van der Waals surface area (Å²) in [5.74, 6) is 0.822. The molecule has 14 heavy (non-hydrogen) atoms. The lowest BCUT2D eigenvalue weighted by molar-refractivity contribution is 0.0653. The third kappa shape index (κ3) is 1.61. The van der Waals surface area contributed by atoms with Crippen LogP contribution in [0.1, 0.15) is 25.7 Å². The first-order valence-corrected chi connectivity index (χ1v) is 5.65. The standard InChI is InChI=1S/C12H21NO/c1-3-5-11-8-12(10-14-2)6-4-7-13(12)9-11/h3,11H,1,4-10H2,2H3. The molecule has 0 aromatic heterocycles. The first kappa shape index (κ1) is 10.2. The molecule has 0 amide bonds. The molecule has 2 aliphatic rings. The average Bonchev–Trinajstić information content (AvgIpc) is 2.61. The molecule has 2 aliphatic heterocycles. The van der Waals surface area contributed by atoms with Gasteiger partial charge in [-0.15, -0.1) is 6.58 Å². The second-order valence-electron chi connectivity index (χ2n) is 4.80. The zero-order chi connectivity index (χ0) is 10.0. The van der Waals surface area contributed by atoms with Gasteiger partial charge >= 0.3 is 0 Å². The minimum Gasteiger partial charge on any atom is -0.383 e. The number of methoxy groups -OCH3 is 1. The molecule has 0 bridgehead atoms. The van der Waals surface area contributed by atoms with Gasteiger partial charge in [0.05, 0.1) is 6.61 Å². The summed E-state index contributed by atoms with van der Waals surface area (Å²) in [7, 11) is 1.83. The van der Waals surface area contributed by atoms with E-state index >= 15 is 0 Å². The largest absolute Gasteiger partial charge is 0.383 e. The molecule has 2 heteroatoms. The fraction of sp³-hybridized carbons (Fsp3) is 0.833. The van der Waals surface area contributed by atoms with Crippen LogP contribution < -0.4 is 0 Å². The maximum absolute atomic E-state index is 5.39. The van der Waals surface area contributed by atoms with Crippen LogP contribution in [0.5, 0.6) is 0 Å². The van der Waals surface area contributed by atoms with Crippen LogP contribution in [0.2, 0.25) is 0 Å². The summed E-state index contributed by atoms with van der Waals surface area (Å²) >= 11 is 0. The van der Waals surface area contributed by atoms with Crippen molar-refractivity contribution in [3.8, 4) is 0 Å². The van der Waals surface area contributed by atoms with Crippen LogP contribution in [0, 0.1) is 5.92 Å². The smallest absolute Gasteiger partial charge is 0.0646 e. The van der Waals surface area contributed by atoms with Crippen molar-refractivity contribution in [1.82, 2.24) is 4.90 Å². The first-order valence-electron chi connectivity index (χ1n) is 5.65. The van der Waals surface area contributed by atoms with Gasteiger partial charge < -0.3 is 4.74 Å². The van der Waals surface area contributed by atoms with E-state index in [0.717, 1.165) is 12.5 Å². The summed E-state index contributed by atoms with van der Waals surface area (Å²) in [5.41, 5.74) is 0.391. The van der Waals surface area contributed by atoms with E-state index in [1.807, 2.05) is 7.11 Å². The molecule has 2 nitrogen and oxygen atoms in total. The number of allylic oxidation sites excluding steroid dienone is 1. The summed E-state index contributed by atoms with van der Waals surface area (Å²) in [6, 6.07) is 0. The molecule has 2 unspecified atom stereocenters. The van der Waals surface area contributed by atoms with E-state index in [-0.39, 0.29) is 0 Å². The highest BCUT2D eigenvalue weighted by molar-refractivity contribution is 5.03. The van der Waals surface area contributed by atoms with Crippen LogP contribution in [0.25, 0.3) is 0 Å². The highest BCUT2D eigenvalue weighted by Crippen LogP contribution is 2.42. The molecule has 0 aliphatic carbocycles. The monoisotopic (exact) mass is 195 g/mol. The van der Waals surface area contributed by atoms with Crippen molar-refractivity contribution < 1.29 is 4.74 Å². The summed E-state index contributed by atoms with van der Waals surface area (Å²) in [6.07, 6.45) is 7.22. The van der Waals surface area contributed by atoms with E-state index in [1.54, 1.807) is 0 Å². The predicted molar refractivity (Wildman–Crippen MR) is 58.3 cm³/mol. The van der Waals surface area contributed by atoms with Crippen molar-refractivity contribution in [3.63, 3.8) is 0 Å². The number of hydrogen-bond acceptors (Lipinski definition) is 2. The van der Waals surface area contributed by atoms with Crippen molar-refractivity contribution in [2.24, 2.45) is 5.92 Å². The van der Waals surface area contributed by atoms with Crippen LogP contribution >= 0.6 is 0 Å². The van der Waals surface area contributed by atoms with Gasteiger partial charge in [-0.1, -0.05) is 6.08 Å². The Morgan fingerprint density at radius 1 is 1.64 bits per heavy atom. The Labute approximate surface area is 86.9 Å².